The van der Waals surface area contributed by atoms with Gasteiger partial charge in [0.15, 0.2) is 0 Å². The van der Waals surface area contributed by atoms with Crippen molar-refractivity contribution in [1.29, 1.82) is 0 Å². The molecule has 1 aromatic carbocycles. The molecule has 2 fully saturated rings. The monoisotopic (exact) mass is 306 g/mol. The van der Waals surface area contributed by atoms with E-state index in [2.05, 4.69) is 6.58 Å². The van der Waals surface area contributed by atoms with Gasteiger partial charge >= 0.3 is 0 Å². The van der Waals surface area contributed by atoms with Gasteiger partial charge in [-0.05, 0) is 23.8 Å². The summed E-state index contributed by atoms with van der Waals surface area (Å²) >= 11 is 0. The van der Waals surface area contributed by atoms with E-state index in [1.165, 1.54) is 18.2 Å². The standard InChI is InChI=1S/C16H16F2N2O2/c1-2-14(21)19-7-16(8-19)9-20(10-16)15(22)5-11-3-12(17)6-13(18)4-11/h2-4,6H,1,5,7-10H2. The van der Waals surface area contributed by atoms with E-state index in [1.807, 2.05) is 0 Å². The van der Waals surface area contributed by atoms with Crippen LogP contribution in [0.15, 0.2) is 30.9 Å². The number of carbonyl (C=O) groups is 2. The van der Waals surface area contributed by atoms with Gasteiger partial charge in [0.25, 0.3) is 0 Å². The predicted molar refractivity (Wildman–Crippen MR) is 75.9 cm³/mol. The molecule has 1 aromatic rings. The van der Waals surface area contributed by atoms with Crippen molar-refractivity contribution in [3.05, 3.63) is 48.1 Å². The van der Waals surface area contributed by atoms with E-state index in [0.29, 0.717) is 31.7 Å². The molecule has 0 saturated carbocycles. The molecule has 22 heavy (non-hydrogen) atoms. The highest BCUT2D eigenvalue weighted by atomic mass is 19.1. The Morgan fingerprint density at radius 3 is 2.18 bits per heavy atom. The first kappa shape index (κ1) is 14.7. The molecule has 2 saturated heterocycles. The third-order valence-electron chi connectivity index (χ3n) is 4.22. The number of rotatable bonds is 3. The topological polar surface area (TPSA) is 40.6 Å². The van der Waals surface area contributed by atoms with E-state index < -0.39 is 11.6 Å². The quantitative estimate of drug-likeness (QED) is 0.791. The zero-order chi connectivity index (χ0) is 15.9. The van der Waals surface area contributed by atoms with Crippen molar-refractivity contribution >= 4 is 11.8 Å². The molecular formula is C16H16F2N2O2. The van der Waals surface area contributed by atoms with E-state index >= 15 is 0 Å². The van der Waals surface area contributed by atoms with Crippen molar-refractivity contribution in [3.63, 3.8) is 0 Å². The third-order valence-corrected chi connectivity index (χ3v) is 4.22. The van der Waals surface area contributed by atoms with Crippen LogP contribution in [0, 0.1) is 17.0 Å². The first-order valence-corrected chi connectivity index (χ1v) is 7.05. The SMILES string of the molecule is C=CC(=O)N1CC2(C1)CN(C(=O)Cc1cc(F)cc(F)c1)C2. The molecule has 0 aromatic heterocycles. The van der Waals surface area contributed by atoms with E-state index in [-0.39, 0.29) is 23.7 Å². The van der Waals surface area contributed by atoms with Gasteiger partial charge in [0.2, 0.25) is 11.8 Å². The molecular weight excluding hydrogens is 290 g/mol. The van der Waals surface area contributed by atoms with E-state index in [4.69, 9.17) is 0 Å². The molecule has 1 spiro atoms. The summed E-state index contributed by atoms with van der Waals surface area (Å²) in [6, 6.07) is 3.13. The zero-order valence-electron chi connectivity index (χ0n) is 12.0. The average molecular weight is 306 g/mol. The number of likely N-dealkylation sites (tertiary alicyclic amines) is 2. The third kappa shape index (κ3) is 2.61. The molecule has 3 rings (SSSR count). The summed E-state index contributed by atoms with van der Waals surface area (Å²) < 4.78 is 26.2. The molecule has 0 aliphatic carbocycles. The Labute approximate surface area is 127 Å². The molecule has 0 atom stereocenters. The maximum atomic E-state index is 13.1. The van der Waals surface area contributed by atoms with Crippen molar-refractivity contribution < 1.29 is 18.4 Å². The molecule has 2 aliphatic rings. The predicted octanol–water partition coefficient (Wildman–Crippen LogP) is 1.36. The van der Waals surface area contributed by atoms with Gasteiger partial charge in [-0.1, -0.05) is 6.58 Å². The molecule has 0 N–H and O–H groups in total. The van der Waals surface area contributed by atoms with Crippen LogP contribution < -0.4 is 0 Å². The van der Waals surface area contributed by atoms with Crippen molar-refractivity contribution in [1.82, 2.24) is 9.80 Å². The van der Waals surface area contributed by atoms with Crippen molar-refractivity contribution in [2.24, 2.45) is 5.41 Å². The minimum atomic E-state index is -0.680. The molecule has 2 heterocycles. The Bertz CT molecular complexity index is 625. The van der Waals surface area contributed by atoms with E-state index in [1.54, 1.807) is 9.80 Å². The molecule has 0 bridgehead atoms. The van der Waals surface area contributed by atoms with Gasteiger partial charge in [-0.15, -0.1) is 0 Å². The highest BCUT2D eigenvalue weighted by Gasteiger charge is 2.53. The number of benzene rings is 1. The van der Waals surface area contributed by atoms with Crippen LogP contribution in [-0.2, 0) is 16.0 Å². The number of carbonyl (C=O) groups excluding carboxylic acids is 2. The smallest absolute Gasteiger partial charge is 0.245 e. The van der Waals surface area contributed by atoms with Crippen LogP contribution in [0.2, 0.25) is 0 Å². The summed E-state index contributed by atoms with van der Waals surface area (Å²) in [5.74, 6) is -1.60. The first-order chi connectivity index (χ1) is 10.4. The maximum Gasteiger partial charge on any atom is 0.245 e. The molecule has 2 aliphatic heterocycles. The molecule has 116 valence electrons. The van der Waals surface area contributed by atoms with Crippen molar-refractivity contribution in [3.8, 4) is 0 Å². The summed E-state index contributed by atoms with van der Waals surface area (Å²) in [4.78, 5) is 26.9. The lowest BCUT2D eigenvalue weighted by atomic mass is 9.72. The molecule has 4 nitrogen and oxygen atoms in total. The summed E-state index contributed by atoms with van der Waals surface area (Å²) in [5.41, 5.74) is 0.335. The summed E-state index contributed by atoms with van der Waals surface area (Å²) in [5, 5.41) is 0. The lowest BCUT2D eigenvalue weighted by Crippen LogP contribution is -2.73. The Hall–Kier alpha value is -2.24. The van der Waals surface area contributed by atoms with Crippen molar-refractivity contribution in [2.75, 3.05) is 26.2 Å². The van der Waals surface area contributed by atoms with Gasteiger partial charge in [-0.3, -0.25) is 9.59 Å². The van der Waals surface area contributed by atoms with Crippen LogP contribution in [0.1, 0.15) is 5.56 Å². The number of halogens is 2. The minimum Gasteiger partial charge on any atom is -0.341 e. The number of nitrogens with zero attached hydrogens (tertiary/aromatic N) is 2. The largest absolute Gasteiger partial charge is 0.341 e. The Balaban J connectivity index is 1.52. The minimum absolute atomic E-state index is 0.00151. The Morgan fingerprint density at radius 1 is 1.09 bits per heavy atom. The van der Waals surface area contributed by atoms with Crippen LogP contribution in [0.4, 0.5) is 8.78 Å². The second-order valence-electron chi connectivity index (χ2n) is 6.10. The van der Waals surface area contributed by atoms with Gasteiger partial charge in [0.1, 0.15) is 11.6 Å². The van der Waals surface area contributed by atoms with Gasteiger partial charge in [-0.2, -0.15) is 0 Å². The number of hydrogen-bond acceptors (Lipinski definition) is 2. The maximum absolute atomic E-state index is 13.1. The van der Waals surface area contributed by atoms with Gasteiger partial charge < -0.3 is 9.80 Å². The summed E-state index contributed by atoms with van der Waals surface area (Å²) in [6.07, 6.45) is 1.27. The molecule has 6 heteroatoms. The van der Waals surface area contributed by atoms with Crippen LogP contribution >= 0.6 is 0 Å². The van der Waals surface area contributed by atoms with E-state index in [9.17, 15) is 18.4 Å². The lowest BCUT2D eigenvalue weighted by Gasteiger charge is -2.60. The number of amides is 2. The van der Waals surface area contributed by atoms with Gasteiger partial charge in [0, 0.05) is 37.7 Å². The molecule has 0 unspecified atom stereocenters. The zero-order valence-corrected chi connectivity index (χ0v) is 12.0. The van der Waals surface area contributed by atoms with Crippen LogP contribution in [0.5, 0.6) is 0 Å². The fourth-order valence-electron chi connectivity index (χ4n) is 3.19. The highest BCUT2D eigenvalue weighted by molar-refractivity contribution is 5.88. The highest BCUT2D eigenvalue weighted by Crippen LogP contribution is 2.39. The Kier molecular flexibility index (Phi) is 3.47. The van der Waals surface area contributed by atoms with Gasteiger partial charge in [0.05, 0.1) is 6.42 Å². The molecule has 2 amide bonds. The van der Waals surface area contributed by atoms with Gasteiger partial charge in [-0.25, -0.2) is 8.78 Å². The first-order valence-electron chi connectivity index (χ1n) is 7.05. The second-order valence-corrected chi connectivity index (χ2v) is 6.10. The van der Waals surface area contributed by atoms with Crippen LogP contribution in [0.25, 0.3) is 0 Å². The normalized spacial score (nSPS) is 18.6. The lowest BCUT2D eigenvalue weighted by molar-refractivity contribution is -0.165. The van der Waals surface area contributed by atoms with Crippen LogP contribution in [-0.4, -0.2) is 47.8 Å². The average Bonchev–Trinajstić information content (AvgIpc) is 2.33. The summed E-state index contributed by atoms with van der Waals surface area (Å²) in [7, 11) is 0. The molecule has 0 radical (unpaired) electrons. The fraction of sp³-hybridized carbons (Fsp3) is 0.375. The van der Waals surface area contributed by atoms with Crippen LogP contribution in [0.3, 0.4) is 0 Å². The Morgan fingerprint density at radius 2 is 1.64 bits per heavy atom. The second kappa shape index (κ2) is 5.19. The number of hydrogen-bond donors (Lipinski definition) is 0. The fourth-order valence-corrected chi connectivity index (χ4v) is 3.19. The van der Waals surface area contributed by atoms with E-state index in [0.717, 1.165) is 6.07 Å². The summed E-state index contributed by atoms with van der Waals surface area (Å²) in [6.45, 7) is 5.89. The van der Waals surface area contributed by atoms with Crippen molar-refractivity contribution in [2.45, 2.75) is 6.42 Å².